The van der Waals surface area contributed by atoms with Crippen molar-refractivity contribution >= 4 is 103 Å². The molecule has 262 valence electrons. The van der Waals surface area contributed by atoms with E-state index in [0.29, 0.717) is 0 Å². The first-order chi connectivity index (χ1) is 27.8. The predicted octanol–water partition coefficient (Wildman–Crippen LogP) is 14.9. The molecule has 0 saturated heterocycles. The third-order valence-electron chi connectivity index (χ3n) is 11.4. The smallest absolute Gasteiger partial charge is 0.0784 e. The molecule has 0 amide bonds. The number of fused-ring (bicyclic) bond motifs is 11. The number of anilines is 3. The topological polar surface area (TPSA) is 13.1 Å². The van der Waals surface area contributed by atoms with Gasteiger partial charge in [-0.1, -0.05) is 127 Å². The van der Waals surface area contributed by atoms with E-state index < -0.39 is 0 Å². The Morgan fingerprint density at radius 3 is 1.73 bits per heavy atom. The van der Waals surface area contributed by atoms with Crippen LogP contribution in [0.3, 0.4) is 0 Å². The van der Waals surface area contributed by atoms with Gasteiger partial charge in [-0.2, -0.15) is 0 Å². The summed E-state index contributed by atoms with van der Waals surface area (Å²) in [5, 5.41) is 10.1. The highest BCUT2D eigenvalue weighted by molar-refractivity contribution is 7.25. The monoisotopic (exact) mass is 731 g/mol. The lowest BCUT2D eigenvalue weighted by molar-refractivity contribution is 1.13. The maximum Gasteiger partial charge on any atom is 0.0784 e. The summed E-state index contributed by atoms with van der Waals surface area (Å²) < 4.78 is 7.62. The summed E-state index contributed by atoms with van der Waals surface area (Å²) in [4.78, 5) is 2.39. The van der Waals surface area contributed by atoms with Gasteiger partial charge in [0.15, 0.2) is 0 Å². The molecule has 3 heterocycles. The molecule has 0 aliphatic rings. The summed E-state index contributed by atoms with van der Waals surface area (Å²) in [5.74, 6) is 0. The van der Waals surface area contributed by atoms with Gasteiger partial charge in [0.1, 0.15) is 0 Å². The van der Waals surface area contributed by atoms with Crippen molar-refractivity contribution in [2.45, 2.75) is 0 Å². The second-order valence-electron chi connectivity index (χ2n) is 14.5. The normalized spacial score (nSPS) is 11.9. The zero-order valence-electron chi connectivity index (χ0n) is 30.3. The molecule has 12 rings (SSSR count). The molecule has 0 radical (unpaired) electrons. The van der Waals surface area contributed by atoms with Crippen molar-refractivity contribution < 1.29 is 0 Å². The lowest BCUT2D eigenvalue weighted by atomic mass is 10.0. The van der Waals surface area contributed by atoms with E-state index in [9.17, 15) is 0 Å². The molecule has 0 aliphatic carbocycles. The summed E-state index contributed by atoms with van der Waals surface area (Å²) in [6.45, 7) is 0. The molecule has 0 fully saturated rings. The van der Waals surface area contributed by atoms with Gasteiger partial charge in [0, 0.05) is 64.5 Å². The van der Waals surface area contributed by atoms with Crippen LogP contribution in [0.15, 0.2) is 200 Å². The SMILES string of the molecule is c1ccc(N(c2ccccc2)c2cc(-n3c4ccccc4c4c5ccccc5ccc43)c3c(c2)c2ccccc2n3-c2ccc3c(c2)sc2ccccc23)cc1. The van der Waals surface area contributed by atoms with E-state index in [-0.39, 0.29) is 0 Å². The van der Waals surface area contributed by atoms with Crippen LogP contribution in [0, 0.1) is 0 Å². The van der Waals surface area contributed by atoms with Gasteiger partial charge in [-0.25, -0.2) is 0 Å². The summed E-state index contributed by atoms with van der Waals surface area (Å²) >= 11 is 1.87. The van der Waals surface area contributed by atoms with Crippen molar-refractivity contribution in [3.05, 3.63) is 200 Å². The molecule has 0 saturated carbocycles. The largest absolute Gasteiger partial charge is 0.310 e. The molecule has 3 nitrogen and oxygen atoms in total. The number of aromatic nitrogens is 2. The molecule has 4 heteroatoms. The molecule has 9 aromatic carbocycles. The minimum absolute atomic E-state index is 1.10. The first kappa shape index (κ1) is 31.2. The minimum atomic E-state index is 1.10. The Balaban J connectivity index is 1.26. The Morgan fingerprint density at radius 1 is 0.357 bits per heavy atom. The van der Waals surface area contributed by atoms with Crippen LogP contribution in [0.2, 0.25) is 0 Å². The minimum Gasteiger partial charge on any atom is -0.310 e. The molecule has 0 spiro atoms. The molecule has 0 bridgehead atoms. The van der Waals surface area contributed by atoms with Gasteiger partial charge in [-0.05, 0) is 83.6 Å². The standard InChI is InChI=1S/C52H33N3S/c1-3-16-35(17-4-1)53(36-18-5-2-6-19-36)38-31-44-40-21-9-12-24-45(40)54(37-28-29-42-41-22-11-14-26-49(41)56-50(42)33-37)52(44)48(32-38)55-46-25-13-10-23-43(46)51-39-20-8-7-15-34(39)27-30-47(51)55/h1-33H. The van der Waals surface area contributed by atoms with Crippen LogP contribution in [0.5, 0.6) is 0 Å². The molecule has 0 atom stereocenters. The number of thiophene rings is 1. The van der Waals surface area contributed by atoms with Gasteiger partial charge >= 0.3 is 0 Å². The fourth-order valence-corrected chi connectivity index (χ4v) is 10.2. The number of hydrogen-bond acceptors (Lipinski definition) is 2. The lowest BCUT2D eigenvalue weighted by Gasteiger charge is -2.27. The average molecular weight is 732 g/mol. The fraction of sp³-hybridized carbons (Fsp3) is 0. The molecule has 0 unspecified atom stereocenters. The van der Waals surface area contributed by atoms with E-state index in [0.717, 1.165) is 28.4 Å². The number of para-hydroxylation sites is 4. The molecule has 0 N–H and O–H groups in total. The highest BCUT2D eigenvalue weighted by atomic mass is 32.1. The lowest BCUT2D eigenvalue weighted by Crippen LogP contribution is -2.11. The highest BCUT2D eigenvalue weighted by Gasteiger charge is 2.24. The van der Waals surface area contributed by atoms with Gasteiger partial charge in [0.2, 0.25) is 0 Å². The van der Waals surface area contributed by atoms with Crippen LogP contribution in [0.25, 0.3) is 85.9 Å². The van der Waals surface area contributed by atoms with Crippen molar-refractivity contribution in [2.24, 2.45) is 0 Å². The molecule has 12 aromatic rings. The second-order valence-corrected chi connectivity index (χ2v) is 15.6. The maximum atomic E-state index is 2.52. The van der Waals surface area contributed by atoms with Crippen LogP contribution in [-0.2, 0) is 0 Å². The molecular formula is C52H33N3S. The first-order valence-electron chi connectivity index (χ1n) is 19.1. The van der Waals surface area contributed by atoms with E-state index in [1.165, 1.54) is 74.6 Å². The van der Waals surface area contributed by atoms with Gasteiger partial charge in [-0.3, -0.25) is 0 Å². The van der Waals surface area contributed by atoms with E-state index in [1.807, 2.05) is 11.3 Å². The van der Waals surface area contributed by atoms with Crippen LogP contribution in [0.4, 0.5) is 17.1 Å². The Labute approximate surface area is 327 Å². The number of hydrogen-bond donors (Lipinski definition) is 0. The van der Waals surface area contributed by atoms with Crippen molar-refractivity contribution in [3.63, 3.8) is 0 Å². The number of benzene rings is 9. The molecule has 0 aliphatic heterocycles. The van der Waals surface area contributed by atoms with Crippen molar-refractivity contribution in [1.82, 2.24) is 9.13 Å². The van der Waals surface area contributed by atoms with Gasteiger partial charge in [0.25, 0.3) is 0 Å². The Bertz CT molecular complexity index is 3440. The van der Waals surface area contributed by atoms with Crippen LogP contribution in [0.1, 0.15) is 0 Å². The Hall–Kier alpha value is -7.14. The van der Waals surface area contributed by atoms with Crippen LogP contribution >= 0.6 is 11.3 Å². The van der Waals surface area contributed by atoms with Gasteiger partial charge in [-0.15, -0.1) is 11.3 Å². The number of nitrogens with zero attached hydrogens (tertiary/aromatic N) is 3. The van der Waals surface area contributed by atoms with Gasteiger partial charge < -0.3 is 14.0 Å². The van der Waals surface area contributed by atoms with Crippen molar-refractivity contribution in [3.8, 4) is 11.4 Å². The summed E-state index contributed by atoms with van der Waals surface area (Å²) in [5.41, 5.74) is 10.3. The Morgan fingerprint density at radius 2 is 0.964 bits per heavy atom. The third kappa shape index (κ3) is 4.57. The summed E-state index contributed by atoms with van der Waals surface area (Å²) in [6.07, 6.45) is 0. The second kappa shape index (κ2) is 12.2. The predicted molar refractivity (Wildman–Crippen MR) is 240 cm³/mol. The first-order valence-corrected chi connectivity index (χ1v) is 19.9. The van der Waals surface area contributed by atoms with Crippen molar-refractivity contribution in [1.29, 1.82) is 0 Å². The molecular weight excluding hydrogens is 699 g/mol. The quantitative estimate of drug-likeness (QED) is 0.172. The van der Waals surface area contributed by atoms with Crippen LogP contribution < -0.4 is 4.90 Å². The van der Waals surface area contributed by atoms with E-state index >= 15 is 0 Å². The maximum absolute atomic E-state index is 2.52. The average Bonchev–Trinajstić information content (AvgIpc) is 3.92. The van der Waals surface area contributed by atoms with Crippen molar-refractivity contribution in [2.75, 3.05) is 4.90 Å². The zero-order valence-corrected chi connectivity index (χ0v) is 31.1. The van der Waals surface area contributed by atoms with E-state index in [4.69, 9.17) is 0 Å². The molecule has 56 heavy (non-hydrogen) atoms. The zero-order chi connectivity index (χ0) is 36.7. The summed E-state index contributed by atoms with van der Waals surface area (Å²) in [7, 11) is 0. The van der Waals surface area contributed by atoms with Crippen LogP contribution in [-0.4, -0.2) is 9.13 Å². The van der Waals surface area contributed by atoms with E-state index in [2.05, 4.69) is 214 Å². The van der Waals surface area contributed by atoms with Gasteiger partial charge in [0.05, 0.1) is 27.8 Å². The third-order valence-corrected chi connectivity index (χ3v) is 12.6. The highest BCUT2D eigenvalue weighted by Crippen LogP contribution is 2.46. The molecule has 3 aromatic heterocycles. The fourth-order valence-electron chi connectivity index (χ4n) is 9.08. The number of rotatable bonds is 5. The van der Waals surface area contributed by atoms with E-state index in [1.54, 1.807) is 0 Å². The summed E-state index contributed by atoms with van der Waals surface area (Å²) in [6, 6.07) is 73.3. The Kier molecular flexibility index (Phi) is 6.80.